The van der Waals surface area contributed by atoms with E-state index in [-0.39, 0.29) is 5.41 Å². The van der Waals surface area contributed by atoms with Gasteiger partial charge in [-0.25, -0.2) is 4.98 Å². The van der Waals surface area contributed by atoms with E-state index in [9.17, 15) is 0 Å². The van der Waals surface area contributed by atoms with Crippen molar-refractivity contribution in [2.45, 2.75) is 39.7 Å². The number of rotatable bonds is 2. The monoisotopic (exact) mass is 260 g/mol. The largest absolute Gasteiger partial charge is 0.325 e. The van der Waals surface area contributed by atoms with Gasteiger partial charge in [-0.2, -0.15) is 0 Å². The van der Waals surface area contributed by atoms with Gasteiger partial charge in [0.25, 0.3) is 0 Å². The highest BCUT2D eigenvalue weighted by atomic mass is 32.1. The van der Waals surface area contributed by atoms with E-state index in [1.807, 2.05) is 5.38 Å². The van der Waals surface area contributed by atoms with Gasteiger partial charge < -0.3 is 5.73 Å². The zero-order valence-electron chi connectivity index (χ0n) is 11.4. The minimum Gasteiger partial charge on any atom is -0.325 e. The number of benzene rings is 1. The van der Waals surface area contributed by atoms with Crippen molar-refractivity contribution in [2.24, 2.45) is 5.73 Å². The standard InChI is InChI=1S/C15H20N2S/c1-10-7-11(15(2,3)4)5-6-13(10)14-17-12(8-16)9-18-14/h5-7,9H,8,16H2,1-4H3. The van der Waals surface area contributed by atoms with Gasteiger partial charge in [0.2, 0.25) is 0 Å². The zero-order valence-corrected chi connectivity index (χ0v) is 12.3. The second-order valence-corrected chi connectivity index (χ2v) is 6.49. The molecule has 2 N–H and O–H groups in total. The van der Waals surface area contributed by atoms with Crippen molar-refractivity contribution in [2.75, 3.05) is 0 Å². The lowest BCUT2D eigenvalue weighted by Crippen LogP contribution is -2.11. The quantitative estimate of drug-likeness (QED) is 0.890. The molecule has 18 heavy (non-hydrogen) atoms. The fraction of sp³-hybridized carbons (Fsp3) is 0.400. The average Bonchev–Trinajstić information content (AvgIpc) is 2.76. The van der Waals surface area contributed by atoms with E-state index < -0.39 is 0 Å². The summed E-state index contributed by atoms with van der Waals surface area (Å²) in [6, 6.07) is 6.64. The van der Waals surface area contributed by atoms with Gasteiger partial charge in [-0.3, -0.25) is 0 Å². The van der Waals surface area contributed by atoms with Crippen LogP contribution in [0.15, 0.2) is 23.6 Å². The summed E-state index contributed by atoms with van der Waals surface area (Å²) in [7, 11) is 0. The number of hydrogen-bond acceptors (Lipinski definition) is 3. The van der Waals surface area contributed by atoms with Crippen LogP contribution in [0.25, 0.3) is 10.6 Å². The summed E-state index contributed by atoms with van der Waals surface area (Å²) in [5, 5.41) is 3.10. The van der Waals surface area contributed by atoms with Gasteiger partial charge >= 0.3 is 0 Å². The zero-order chi connectivity index (χ0) is 13.3. The SMILES string of the molecule is Cc1cc(C(C)(C)C)ccc1-c1nc(CN)cs1. The molecule has 0 amide bonds. The van der Waals surface area contributed by atoms with E-state index in [0.717, 1.165) is 10.7 Å². The minimum absolute atomic E-state index is 0.189. The Bertz CT molecular complexity index is 550. The molecular formula is C15H20N2S. The molecule has 1 aromatic carbocycles. The maximum Gasteiger partial charge on any atom is 0.123 e. The number of aromatic nitrogens is 1. The molecule has 0 saturated heterocycles. The molecule has 0 fully saturated rings. The molecular weight excluding hydrogens is 240 g/mol. The normalized spacial score (nSPS) is 11.8. The summed E-state index contributed by atoms with van der Waals surface area (Å²) in [4.78, 5) is 4.55. The third-order valence-electron chi connectivity index (χ3n) is 3.08. The van der Waals surface area contributed by atoms with Crippen LogP contribution in [0.2, 0.25) is 0 Å². The summed E-state index contributed by atoms with van der Waals surface area (Å²) >= 11 is 1.66. The maximum atomic E-state index is 5.60. The van der Waals surface area contributed by atoms with E-state index in [1.54, 1.807) is 11.3 Å². The van der Waals surface area contributed by atoms with E-state index in [2.05, 4.69) is 50.9 Å². The molecule has 2 aromatic rings. The topological polar surface area (TPSA) is 38.9 Å². The number of aryl methyl sites for hydroxylation is 1. The van der Waals surface area contributed by atoms with Crippen LogP contribution in [0.3, 0.4) is 0 Å². The molecule has 0 atom stereocenters. The molecule has 0 bridgehead atoms. The lowest BCUT2D eigenvalue weighted by Gasteiger charge is -2.20. The predicted molar refractivity (Wildman–Crippen MR) is 78.9 cm³/mol. The molecule has 2 rings (SSSR count). The van der Waals surface area contributed by atoms with Crippen LogP contribution >= 0.6 is 11.3 Å². The van der Waals surface area contributed by atoms with Gasteiger partial charge in [0.05, 0.1) is 5.69 Å². The number of nitrogens with two attached hydrogens (primary N) is 1. The van der Waals surface area contributed by atoms with Crippen molar-refractivity contribution in [1.82, 2.24) is 4.98 Å². The highest BCUT2D eigenvalue weighted by Crippen LogP contribution is 2.31. The summed E-state index contributed by atoms with van der Waals surface area (Å²) in [6.45, 7) is 9.36. The van der Waals surface area contributed by atoms with Crippen LogP contribution in [0.1, 0.15) is 37.6 Å². The molecule has 0 aliphatic carbocycles. The molecule has 0 aliphatic heterocycles. The molecule has 3 heteroatoms. The van der Waals surface area contributed by atoms with Crippen molar-refractivity contribution in [3.63, 3.8) is 0 Å². The fourth-order valence-corrected chi connectivity index (χ4v) is 2.82. The smallest absolute Gasteiger partial charge is 0.123 e. The minimum atomic E-state index is 0.189. The van der Waals surface area contributed by atoms with E-state index in [4.69, 9.17) is 5.73 Å². The Balaban J connectivity index is 2.41. The van der Waals surface area contributed by atoms with Gasteiger partial charge in [0.15, 0.2) is 0 Å². The second-order valence-electron chi connectivity index (χ2n) is 5.63. The number of hydrogen-bond donors (Lipinski definition) is 1. The summed E-state index contributed by atoms with van der Waals surface area (Å²) in [6.07, 6.45) is 0. The average molecular weight is 260 g/mol. The first-order valence-electron chi connectivity index (χ1n) is 6.18. The van der Waals surface area contributed by atoms with Gasteiger partial charge in [-0.1, -0.05) is 39.0 Å². The fourth-order valence-electron chi connectivity index (χ4n) is 1.89. The number of thiazole rings is 1. The third kappa shape index (κ3) is 2.62. The first-order chi connectivity index (χ1) is 8.41. The van der Waals surface area contributed by atoms with E-state index in [1.165, 1.54) is 16.7 Å². The molecule has 0 aliphatic rings. The van der Waals surface area contributed by atoms with Gasteiger partial charge in [0.1, 0.15) is 5.01 Å². The lowest BCUT2D eigenvalue weighted by molar-refractivity contribution is 0.590. The summed E-state index contributed by atoms with van der Waals surface area (Å²) < 4.78 is 0. The van der Waals surface area contributed by atoms with Crippen molar-refractivity contribution in [3.05, 3.63) is 40.4 Å². The molecule has 1 aromatic heterocycles. The summed E-state index contributed by atoms with van der Waals surface area (Å²) in [5.74, 6) is 0. The highest BCUT2D eigenvalue weighted by molar-refractivity contribution is 7.13. The molecule has 96 valence electrons. The summed E-state index contributed by atoms with van der Waals surface area (Å²) in [5.41, 5.74) is 10.6. The Morgan fingerprint density at radius 1 is 1.28 bits per heavy atom. The van der Waals surface area contributed by atoms with E-state index >= 15 is 0 Å². The van der Waals surface area contributed by atoms with Crippen LogP contribution in [0, 0.1) is 6.92 Å². The Morgan fingerprint density at radius 2 is 2.00 bits per heavy atom. The van der Waals surface area contributed by atoms with Crippen molar-refractivity contribution in [3.8, 4) is 10.6 Å². The van der Waals surface area contributed by atoms with Crippen molar-refractivity contribution in [1.29, 1.82) is 0 Å². The van der Waals surface area contributed by atoms with Crippen LogP contribution < -0.4 is 5.73 Å². The molecule has 0 radical (unpaired) electrons. The maximum absolute atomic E-state index is 5.60. The predicted octanol–water partition coefficient (Wildman–Crippen LogP) is 3.87. The van der Waals surface area contributed by atoms with Gasteiger partial charge in [0, 0.05) is 17.5 Å². The molecule has 1 heterocycles. The lowest BCUT2D eigenvalue weighted by atomic mass is 9.85. The molecule has 0 spiro atoms. The Kier molecular flexibility index (Phi) is 3.55. The third-order valence-corrected chi connectivity index (χ3v) is 4.01. The Hall–Kier alpha value is -1.19. The van der Waals surface area contributed by atoms with Crippen LogP contribution in [-0.4, -0.2) is 4.98 Å². The van der Waals surface area contributed by atoms with Crippen molar-refractivity contribution < 1.29 is 0 Å². The Morgan fingerprint density at radius 3 is 2.50 bits per heavy atom. The Labute approximate surface area is 113 Å². The van der Waals surface area contributed by atoms with Crippen LogP contribution in [-0.2, 0) is 12.0 Å². The van der Waals surface area contributed by atoms with E-state index in [0.29, 0.717) is 6.54 Å². The van der Waals surface area contributed by atoms with Gasteiger partial charge in [-0.15, -0.1) is 11.3 Å². The molecule has 2 nitrogen and oxygen atoms in total. The molecule has 0 saturated carbocycles. The first kappa shape index (κ1) is 13.2. The number of nitrogens with zero attached hydrogens (tertiary/aromatic N) is 1. The van der Waals surface area contributed by atoms with Gasteiger partial charge in [-0.05, 0) is 23.5 Å². The van der Waals surface area contributed by atoms with Crippen LogP contribution in [0.5, 0.6) is 0 Å². The van der Waals surface area contributed by atoms with Crippen LogP contribution in [0.4, 0.5) is 0 Å². The highest BCUT2D eigenvalue weighted by Gasteiger charge is 2.15. The second kappa shape index (κ2) is 4.82. The van der Waals surface area contributed by atoms with Crippen molar-refractivity contribution >= 4 is 11.3 Å². The first-order valence-corrected chi connectivity index (χ1v) is 7.06. The molecule has 0 unspecified atom stereocenters.